The molecule has 21 heavy (non-hydrogen) atoms. The summed E-state index contributed by atoms with van der Waals surface area (Å²) in [7, 11) is 0. The van der Waals surface area contributed by atoms with Gasteiger partial charge in [0.05, 0.1) is 19.3 Å². The van der Waals surface area contributed by atoms with Crippen LogP contribution in [-0.2, 0) is 16.1 Å². The zero-order valence-corrected chi connectivity index (χ0v) is 13.8. The Morgan fingerprint density at radius 3 is 2.29 bits per heavy atom. The number of aliphatic hydroxyl groups excluding tert-OH is 1. The number of carbonyl (C=O) groups is 1. The molecule has 0 fully saturated rings. The highest BCUT2D eigenvalue weighted by Crippen LogP contribution is 2.30. The molecule has 1 N–H and O–H groups in total. The van der Waals surface area contributed by atoms with Crippen LogP contribution in [-0.4, -0.2) is 23.6 Å². The van der Waals surface area contributed by atoms with E-state index >= 15 is 0 Å². The predicted octanol–water partition coefficient (Wildman–Crippen LogP) is 3.45. The first-order chi connectivity index (χ1) is 9.76. The second-order valence-corrected chi connectivity index (χ2v) is 6.68. The highest BCUT2D eigenvalue weighted by Gasteiger charge is 2.39. The fourth-order valence-corrected chi connectivity index (χ4v) is 2.62. The monoisotopic (exact) mass is 292 g/mol. The number of ketones is 1. The van der Waals surface area contributed by atoms with E-state index in [9.17, 15) is 9.90 Å². The zero-order valence-electron chi connectivity index (χ0n) is 13.8. The standard InChI is InChI=1S/C18H28O3/c1-13(2)16(19)18(4,5)17(20)14(3)11-21-12-15-9-7-6-8-10-15/h6-10,13-14,16,19H,11-12H2,1-5H3/t14-,16-/m0/s1. The Bertz CT molecular complexity index is 437. The molecule has 1 rings (SSSR count). The van der Waals surface area contributed by atoms with Gasteiger partial charge in [0.15, 0.2) is 0 Å². The zero-order chi connectivity index (χ0) is 16.0. The summed E-state index contributed by atoms with van der Waals surface area (Å²) in [5.41, 5.74) is 0.350. The first-order valence-electron chi connectivity index (χ1n) is 7.60. The SMILES string of the molecule is CC(C)[C@H](O)C(C)(C)C(=O)[C@@H](C)COCc1ccccc1. The van der Waals surface area contributed by atoms with Crippen LogP contribution in [0.5, 0.6) is 0 Å². The lowest BCUT2D eigenvalue weighted by Crippen LogP contribution is -2.43. The molecular weight excluding hydrogens is 264 g/mol. The molecule has 1 aromatic rings. The van der Waals surface area contributed by atoms with Crippen LogP contribution in [0.4, 0.5) is 0 Å². The molecule has 3 heteroatoms. The molecule has 0 aromatic heterocycles. The number of rotatable bonds is 8. The molecule has 0 bridgehead atoms. The molecule has 2 atom stereocenters. The number of aliphatic hydroxyl groups is 1. The first-order valence-corrected chi connectivity index (χ1v) is 7.60. The average molecular weight is 292 g/mol. The quantitative estimate of drug-likeness (QED) is 0.798. The van der Waals surface area contributed by atoms with Crippen molar-refractivity contribution in [1.29, 1.82) is 0 Å². The van der Waals surface area contributed by atoms with E-state index in [1.54, 1.807) is 0 Å². The molecule has 0 aliphatic carbocycles. The van der Waals surface area contributed by atoms with Crippen molar-refractivity contribution in [2.45, 2.75) is 47.3 Å². The van der Waals surface area contributed by atoms with Crippen LogP contribution in [0.1, 0.15) is 40.2 Å². The van der Waals surface area contributed by atoms with E-state index in [0.717, 1.165) is 5.56 Å². The van der Waals surface area contributed by atoms with Gasteiger partial charge in [-0.25, -0.2) is 0 Å². The Labute approximate surface area is 128 Å². The van der Waals surface area contributed by atoms with Crippen molar-refractivity contribution in [3.8, 4) is 0 Å². The van der Waals surface area contributed by atoms with Gasteiger partial charge < -0.3 is 9.84 Å². The third-order valence-corrected chi connectivity index (χ3v) is 3.93. The maximum Gasteiger partial charge on any atom is 0.146 e. The van der Waals surface area contributed by atoms with Gasteiger partial charge in [0.2, 0.25) is 0 Å². The summed E-state index contributed by atoms with van der Waals surface area (Å²) in [6.45, 7) is 10.2. The van der Waals surface area contributed by atoms with Crippen molar-refractivity contribution in [2.75, 3.05) is 6.61 Å². The topological polar surface area (TPSA) is 46.5 Å². The molecule has 3 nitrogen and oxygen atoms in total. The van der Waals surface area contributed by atoms with Crippen molar-refractivity contribution in [3.05, 3.63) is 35.9 Å². The molecule has 118 valence electrons. The van der Waals surface area contributed by atoms with Crippen LogP contribution < -0.4 is 0 Å². The Hall–Kier alpha value is -1.19. The largest absolute Gasteiger partial charge is 0.392 e. The van der Waals surface area contributed by atoms with Gasteiger partial charge in [-0.05, 0) is 11.5 Å². The van der Waals surface area contributed by atoms with Crippen LogP contribution in [0.2, 0.25) is 0 Å². The van der Waals surface area contributed by atoms with Crippen molar-refractivity contribution < 1.29 is 14.6 Å². The molecular formula is C18H28O3. The van der Waals surface area contributed by atoms with E-state index in [0.29, 0.717) is 13.2 Å². The normalized spacial score (nSPS) is 15.0. The predicted molar refractivity (Wildman–Crippen MR) is 84.9 cm³/mol. The molecule has 0 spiro atoms. The summed E-state index contributed by atoms with van der Waals surface area (Å²) in [4.78, 5) is 12.5. The van der Waals surface area contributed by atoms with Crippen LogP contribution in [0.15, 0.2) is 30.3 Å². The summed E-state index contributed by atoms with van der Waals surface area (Å²) in [5.74, 6) is -0.115. The summed E-state index contributed by atoms with van der Waals surface area (Å²) >= 11 is 0. The van der Waals surface area contributed by atoms with E-state index in [-0.39, 0.29) is 17.6 Å². The molecule has 0 saturated heterocycles. The highest BCUT2D eigenvalue weighted by atomic mass is 16.5. The number of benzene rings is 1. The van der Waals surface area contributed by atoms with Crippen LogP contribution >= 0.6 is 0 Å². The lowest BCUT2D eigenvalue weighted by atomic mass is 9.74. The maximum atomic E-state index is 12.5. The summed E-state index contributed by atoms with van der Waals surface area (Å²) in [5, 5.41) is 10.2. The summed E-state index contributed by atoms with van der Waals surface area (Å²) in [6.07, 6.45) is -0.637. The van der Waals surface area contributed by atoms with E-state index < -0.39 is 11.5 Å². The molecule has 0 unspecified atom stereocenters. The van der Waals surface area contributed by atoms with Gasteiger partial charge in [-0.1, -0.05) is 65.0 Å². The molecule has 0 saturated carbocycles. The second-order valence-electron chi connectivity index (χ2n) is 6.68. The van der Waals surface area contributed by atoms with Crippen molar-refractivity contribution in [2.24, 2.45) is 17.3 Å². The van der Waals surface area contributed by atoms with Gasteiger partial charge in [-0.3, -0.25) is 4.79 Å². The van der Waals surface area contributed by atoms with Crippen molar-refractivity contribution in [3.63, 3.8) is 0 Å². The minimum atomic E-state index is -0.746. The van der Waals surface area contributed by atoms with Gasteiger partial charge in [0, 0.05) is 11.3 Å². The third-order valence-electron chi connectivity index (χ3n) is 3.93. The maximum absolute atomic E-state index is 12.5. The van der Waals surface area contributed by atoms with E-state index in [1.807, 2.05) is 65.0 Å². The van der Waals surface area contributed by atoms with E-state index in [2.05, 4.69) is 0 Å². The lowest BCUT2D eigenvalue weighted by molar-refractivity contribution is -0.140. The van der Waals surface area contributed by atoms with E-state index in [4.69, 9.17) is 4.74 Å². The van der Waals surface area contributed by atoms with Crippen LogP contribution in [0.25, 0.3) is 0 Å². The smallest absolute Gasteiger partial charge is 0.146 e. The first kappa shape index (κ1) is 17.9. The Morgan fingerprint density at radius 1 is 1.19 bits per heavy atom. The number of hydrogen-bond donors (Lipinski definition) is 1. The Kier molecular flexibility index (Phi) is 6.56. The minimum absolute atomic E-state index is 0.0526. The van der Waals surface area contributed by atoms with E-state index in [1.165, 1.54) is 0 Å². The number of Topliss-reactive ketones (excluding diaryl/α,β-unsaturated/α-hetero) is 1. The molecule has 0 aliphatic rings. The number of hydrogen-bond acceptors (Lipinski definition) is 3. The van der Waals surface area contributed by atoms with Crippen LogP contribution in [0.3, 0.4) is 0 Å². The lowest BCUT2D eigenvalue weighted by Gasteiger charge is -2.33. The van der Waals surface area contributed by atoms with Gasteiger partial charge in [-0.2, -0.15) is 0 Å². The Morgan fingerprint density at radius 2 is 1.76 bits per heavy atom. The van der Waals surface area contributed by atoms with Gasteiger partial charge >= 0.3 is 0 Å². The minimum Gasteiger partial charge on any atom is -0.392 e. The molecule has 0 amide bonds. The highest BCUT2D eigenvalue weighted by molar-refractivity contribution is 5.86. The van der Waals surface area contributed by atoms with Crippen molar-refractivity contribution in [1.82, 2.24) is 0 Å². The average Bonchev–Trinajstić information content (AvgIpc) is 2.46. The van der Waals surface area contributed by atoms with Crippen molar-refractivity contribution >= 4 is 5.78 Å². The molecule has 0 heterocycles. The Balaban J connectivity index is 2.51. The molecule has 1 aromatic carbocycles. The van der Waals surface area contributed by atoms with Gasteiger partial charge in [0.25, 0.3) is 0 Å². The summed E-state index contributed by atoms with van der Waals surface area (Å²) < 4.78 is 5.64. The fourth-order valence-electron chi connectivity index (χ4n) is 2.62. The van der Waals surface area contributed by atoms with Gasteiger partial charge in [-0.15, -0.1) is 0 Å². The van der Waals surface area contributed by atoms with Gasteiger partial charge in [0.1, 0.15) is 5.78 Å². The van der Waals surface area contributed by atoms with Crippen LogP contribution in [0, 0.1) is 17.3 Å². The molecule has 0 aliphatic heterocycles. The number of carbonyl (C=O) groups excluding carboxylic acids is 1. The molecule has 0 radical (unpaired) electrons. The third kappa shape index (κ3) is 4.94. The fraction of sp³-hybridized carbons (Fsp3) is 0.611. The number of ether oxygens (including phenoxy) is 1. The summed E-state index contributed by atoms with van der Waals surface area (Å²) in [6, 6.07) is 9.90. The second kappa shape index (κ2) is 7.71.